The molecule has 7 heteroatoms. The quantitative estimate of drug-likeness (QED) is 0.740. The summed E-state index contributed by atoms with van der Waals surface area (Å²) < 4.78 is 2.55. The molecule has 2 aromatic rings. The summed E-state index contributed by atoms with van der Waals surface area (Å²) in [7, 11) is 0. The van der Waals surface area contributed by atoms with Crippen molar-refractivity contribution in [2.75, 3.05) is 13.1 Å². The Morgan fingerprint density at radius 1 is 1.09 bits per heavy atom. The molecule has 7 nitrogen and oxygen atoms in total. The summed E-state index contributed by atoms with van der Waals surface area (Å²) in [6.07, 6.45) is 5.97. The Bertz CT molecular complexity index is 1130. The van der Waals surface area contributed by atoms with E-state index in [4.69, 9.17) is 0 Å². The third kappa shape index (κ3) is 4.27. The van der Waals surface area contributed by atoms with E-state index in [0.29, 0.717) is 37.7 Å². The van der Waals surface area contributed by atoms with Crippen LogP contribution < -0.4 is 11.2 Å². The lowest BCUT2D eigenvalue weighted by atomic mass is 9.90. The highest BCUT2D eigenvalue weighted by Crippen LogP contribution is 2.23. The zero-order valence-electron chi connectivity index (χ0n) is 18.6. The normalized spacial score (nSPS) is 17.8. The predicted molar refractivity (Wildman–Crippen MR) is 121 cm³/mol. The number of aromatic nitrogens is 2. The number of carbonyl (C=O) groups excluding carboxylic acids is 1. The Morgan fingerprint density at radius 3 is 2.50 bits per heavy atom. The number of hydrogen-bond donors (Lipinski definition) is 0. The molecule has 0 aliphatic carbocycles. The average Bonchev–Trinajstić information content (AvgIpc) is 3.06. The van der Waals surface area contributed by atoms with E-state index >= 15 is 0 Å². The molecule has 2 aliphatic rings. The molecule has 1 aromatic carbocycles. The fraction of sp³-hybridized carbons (Fsp3) is 0.520. The SMILES string of the molecule is C[C@@H](C(=O)N1CCC(Cc2ccccc2)CC1)n1c(=O)c(C#N)c2n(c1=O)CCCCC2. The molecule has 168 valence electrons. The Balaban J connectivity index is 1.52. The summed E-state index contributed by atoms with van der Waals surface area (Å²) >= 11 is 0. The van der Waals surface area contributed by atoms with Crippen molar-refractivity contribution in [1.29, 1.82) is 5.26 Å². The lowest BCUT2D eigenvalue weighted by molar-refractivity contribution is -0.135. The minimum absolute atomic E-state index is 0.00715. The van der Waals surface area contributed by atoms with E-state index in [2.05, 4.69) is 12.1 Å². The van der Waals surface area contributed by atoms with E-state index in [1.165, 1.54) is 5.56 Å². The molecule has 1 amide bonds. The van der Waals surface area contributed by atoms with Gasteiger partial charge < -0.3 is 4.90 Å². The number of piperidine rings is 1. The molecule has 0 spiro atoms. The monoisotopic (exact) mass is 434 g/mol. The molecular formula is C25H30N4O3. The van der Waals surface area contributed by atoms with Gasteiger partial charge in [-0.1, -0.05) is 36.8 Å². The largest absolute Gasteiger partial charge is 0.341 e. The van der Waals surface area contributed by atoms with Crippen LogP contribution in [-0.4, -0.2) is 33.0 Å². The van der Waals surface area contributed by atoms with Crippen LogP contribution >= 0.6 is 0 Å². The maximum Gasteiger partial charge on any atom is 0.331 e. The summed E-state index contributed by atoms with van der Waals surface area (Å²) in [5.74, 6) is 0.295. The average molecular weight is 435 g/mol. The molecule has 1 atom stereocenters. The van der Waals surface area contributed by atoms with Crippen LogP contribution in [0.1, 0.15) is 61.9 Å². The zero-order valence-corrected chi connectivity index (χ0v) is 18.6. The second kappa shape index (κ2) is 9.56. The summed E-state index contributed by atoms with van der Waals surface area (Å²) in [6, 6.07) is 11.4. The zero-order chi connectivity index (χ0) is 22.7. The number of fused-ring (bicyclic) bond motifs is 1. The fourth-order valence-electron chi connectivity index (χ4n) is 5.07. The van der Waals surface area contributed by atoms with Gasteiger partial charge in [-0.3, -0.25) is 14.2 Å². The van der Waals surface area contributed by atoms with Gasteiger partial charge in [0.05, 0.1) is 0 Å². The second-order valence-electron chi connectivity index (χ2n) is 8.99. The first kappa shape index (κ1) is 22.1. The number of hydrogen-bond acceptors (Lipinski definition) is 4. The standard InChI is InChI=1S/C25H30N4O3/c1-18(23(30)27-14-11-20(12-15-27)16-19-8-4-2-5-9-19)29-24(31)21(17-26)22-10-6-3-7-13-28(22)25(29)32/h2,4-5,8-9,18,20H,3,6-7,10-16H2,1H3/t18-/m0/s1. The minimum atomic E-state index is -0.922. The van der Waals surface area contributed by atoms with E-state index in [1.54, 1.807) is 16.4 Å². The Hall–Kier alpha value is -3.14. The van der Waals surface area contributed by atoms with Gasteiger partial charge in [0.1, 0.15) is 17.7 Å². The molecule has 0 unspecified atom stereocenters. The smallest absolute Gasteiger partial charge is 0.331 e. The molecule has 1 saturated heterocycles. The van der Waals surface area contributed by atoms with Crippen molar-refractivity contribution in [3.05, 3.63) is 68.0 Å². The van der Waals surface area contributed by atoms with Crippen LogP contribution in [0.15, 0.2) is 39.9 Å². The van der Waals surface area contributed by atoms with E-state index in [9.17, 15) is 19.6 Å². The molecule has 0 bridgehead atoms. The highest BCUT2D eigenvalue weighted by Gasteiger charge is 2.31. The maximum absolute atomic E-state index is 13.2. The Labute approximate surface area is 187 Å². The van der Waals surface area contributed by atoms with Crippen molar-refractivity contribution in [2.45, 2.75) is 64.5 Å². The van der Waals surface area contributed by atoms with Crippen LogP contribution in [0.25, 0.3) is 0 Å². The van der Waals surface area contributed by atoms with Gasteiger partial charge in [0.25, 0.3) is 5.56 Å². The topological polar surface area (TPSA) is 88.1 Å². The molecule has 4 rings (SSSR count). The van der Waals surface area contributed by atoms with Crippen LogP contribution in [0, 0.1) is 17.2 Å². The van der Waals surface area contributed by atoms with Crippen molar-refractivity contribution >= 4 is 5.91 Å². The van der Waals surface area contributed by atoms with Gasteiger partial charge in [0.15, 0.2) is 0 Å². The number of amides is 1. The molecule has 2 aliphatic heterocycles. The molecule has 0 N–H and O–H groups in total. The van der Waals surface area contributed by atoms with Crippen LogP contribution in [0.5, 0.6) is 0 Å². The summed E-state index contributed by atoms with van der Waals surface area (Å²) in [5, 5.41) is 9.63. The summed E-state index contributed by atoms with van der Waals surface area (Å²) in [4.78, 5) is 41.2. The van der Waals surface area contributed by atoms with Gasteiger partial charge >= 0.3 is 5.69 Å². The van der Waals surface area contributed by atoms with Gasteiger partial charge in [-0.05, 0) is 56.9 Å². The van der Waals surface area contributed by atoms with Crippen molar-refractivity contribution in [2.24, 2.45) is 5.92 Å². The van der Waals surface area contributed by atoms with Gasteiger partial charge in [-0.15, -0.1) is 0 Å². The van der Waals surface area contributed by atoms with Gasteiger partial charge in [-0.2, -0.15) is 5.26 Å². The molecule has 0 radical (unpaired) electrons. The number of likely N-dealkylation sites (tertiary alicyclic amines) is 1. The van der Waals surface area contributed by atoms with E-state index in [-0.39, 0.29) is 11.5 Å². The van der Waals surface area contributed by atoms with Crippen LogP contribution in [0.3, 0.4) is 0 Å². The van der Waals surface area contributed by atoms with Crippen LogP contribution in [-0.2, 0) is 24.2 Å². The van der Waals surface area contributed by atoms with E-state index in [1.807, 2.05) is 24.3 Å². The van der Waals surface area contributed by atoms with Gasteiger partial charge in [0.2, 0.25) is 5.91 Å². The Morgan fingerprint density at radius 2 is 1.81 bits per heavy atom. The number of benzene rings is 1. The van der Waals surface area contributed by atoms with E-state index in [0.717, 1.165) is 43.1 Å². The number of rotatable bonds is 4. The van der Waals surface area contributed by atoms with E-state index < -0.39 is 17.3 Å². The third-order valence-electron chi connectivity index (χ3n) is 6.93. The highest BCUT2D eigenvalue weighted by atomic mass is 16.2. The summed E-state index contributed by atoms with van der Waals surface area (Å²) in [6.45, 7) is 3.32. The first-order valence-electron chi connectivity index (χ1n) is 11.6. The minimum Gasteiger partial charge on any atom is -0.341 e. The lowest BCUT2D eigenvalue weighted by Gasteiger charge is -2.34. The highest BCUT2D eigenvalue weighted by molar-refractivity contribution is 5.80. The van der Waals surface area contributed by atoms with Crippen molar-refractivity contribution in [3.8, 4) is 6.07 Å². The predicted octanol–water partition coefficient (Wildman–Crippen LogP) is 2.65. The third-order valence-corrected chi connectivity index (χ3v) is 6.93. The number of carbonyl (C=O) groups is 1. The molecule has 1 aromatic heterocycles. The van der Waals surface area contributed by atoms with Gasteiger partial charge in [0, 0.05) is 25.3 Å². The first-order chi connectivity index (χ1) is 15.5. The van der Waals surface area contributed by atoms with Crippen LogP contribution in [0.4, 0.5) is 0 Å². The van der Waals surface area contributed by atoms with Crippen molar-refractivity contribution in [1.82, 2.24) is 14.0 Å². The Kier molecular flexibility index (Phi) is 6.59. The number of nitrogens with zero attached hydrogens (tertiary/aromatic N) is 4. The number of nitriles is 1. The fourth-order valence-corrected chi connectivity index (χ4v) is 5.07. The first-order valence-corrected chi connectivity index (χ1v) is 11.6. The maximum atomic E-state index is 13.2. The van der Waals surface area contributed by atoms with Gasteiger partial charge in [-0.25, -0.2) is 9.36 Å². The summed E-state index contributed by atoms with van der Waals surface area (Å²) in [5.41, 5.74) is 0.737. The molecule has 0 saturated carbocycles. The molecular weight excluding hydrogens is 404 g/mol. The molecule has 3 heterocycles. The van der Waals surface area contributed by atoms with Crippen LogP contribution in [0.2, 0.25) is 0 Å². The van der Waals surface area contributed by atoms with Crippen molar-refractivity contribution < 1.29 is 4.79 Å². The molecule has 1 fully saturated rings. The molecule has 32 heavy (non-hydrogen) atoms. The van der Waals surface area contributed by atoms with Crippen molar-refractivity contribution in [3.63, 3.8) is 0 Å². The lowest BCUT2D eigenvalue weighted by Crippen LogP contribution is -2.50. The second-order valence-corrected chi connectivity index (χ2v) is 8.99.